The number of carboxylic acids is 1. The summed E-state index contributed by atoms with van der Waals surface area (Å²) in [5, 5.41) is 30.5. The summed E-state index contributed by atoms with van der Waals surface area (Å²) in [5.41, 5.74) is -0.933. The molecule has 1 aromatic rings. The highest BCUT2D eigenvalue weighted by Crippen LogP contribution is 2.36. The van der Waals surface area contributed by atoms with Gasteiger partial charge >= 0.3 is 5.97 Å². The second kappa shape index (κ2) is 5.17. The lowest BCUT2D eigenvalue weighted by Crippen LogP contribution is -2.20. The van der Waals surface area contributed by atoms with Crippen LogP contribution in [0.4, 0.5) is 5.69 Å². The van der Waals surface area contributed by atoms with Crippen molar-refractivity contribution in [3.8, 4) is 11.5 Å². The van der Waals surface area contributed by atoms with E-state index in [1.807, 2.05) is 20.8 Å². The highest BCUT2D eigenvalue weighted by Gasteiger charge is 2.21. The molecule has 0 aliphatic rings. The lowest BCUT2D eigenvalue weighted by molar-refractivity contribution is -0.117. The Balaban J connectivity index is 3.04. The minimum atomic E-state index is -1.34. The predicted octanol–water partition coefficient (Wildman–Crippen LogP) is 2.17. The second-order valence-electron chi connectivity index (χ2n) is 5.45. The van der Waals surface area contributed by atoms with Crippen molar-refractivity contribution >= 4 is 17.6 Å². The molecule has 104 valence electrons. The molecule has 0 saturated carbocycles. The van der Waals surface area contributed by atoms with Gasteiger partial charge in [0.05, 0.1) is 0 Å². The maximum Gasteiger partial charge on any atom is 0.339 e. The summed E-state index contributed by atoms with van der Waals surface area (Å²) in [6.45, 7) is 5.58. The third-order valence-corrected chi connectivity index (χ3v) is 2.34. The number of phenols is 2. The van der Waals surface area contributed by atoms with Crippen LogP contribution in [-0.4, -0.2) is 27.2 Å². The van der Waals surface area contributed by atoms with Crippen molar-refractivity contribution in [3.63, 3.8) is 0 Å². The fourth-order valence-corrected chi connectivity index (χ4v) is 1.54. The Morgan fingerprint density at radius 2 is 1.79 bits per heavy atom. The van der Waals surface area contributed by atoms with Crippen molar-refractivity contribution in [1.82, 2.24) is 0 Å². The molecule has 0 spiro atoms. The fourth-order valence-electron chi connectivity index (χ4n) is 1.54. The highest BCUT2D eigenvalue weighted by atomic mass is 16.4. The Morgan fingerprint density at radius 1 is 1.21 bits per heavy atom. The number of anilines is 1. The number of nitrogens with one attached hydrogen (secondary N) is 1. The number of amides is 1. The second-order valence-corrected chi connectivity index (χ2v) is 5.45. The van der Waals surface area contributed by atoms with Crippen LogP contribution in [0, 0.1) is 5.41 Å². The van der Waals surface area contributed by atoms with Crippen LogP contribution in [0.3, 0.4) is 0 Å². The molecule has 0 aliphatic heterocycles. The first-order chi connectivity index (χ1) is 8.61. The summed E-state index contributed by atoms with van der Waals surface area (Å²) in [5.74, 6) is -2.80. The smallest absolute Gasteiger partial charge is 0.339 e. The maximum atomic E-state index is 11.7. The molecule has 1 aromatic carbocycles. The van der Waals surface area contributed by atoms with Crippen LogP contribution < -0.4 is 5.32 Å². The van der Waals surface area contributed by atoms with Gasteiger partial charge in [-0.1, -0.05) is 20.8 Å². The minimum Gasteiger partial charge on any atom is -0.506 e. The number of benzene rings is 1. The van der Waals surface area contributed by atoms with Crippen LogP contribution in [0.25, 0.3) is 0 Å². The van der Waals surface area contributed by atoms with Gasteiger partial charge in [0.2, 0.25) is 5.91 Å². The Morgan fingerprint density at radius 3 is 2.26 bits per heavy atom. The van der Waals surface area contributed by atoms with E-state index >= 15 is 0 Å². The number of aromatic hydroxyl groups is 2. The molecule has 19 heavy (non-hydrogen) atoms. The van der Waals surface area contributed by atoms with Gasteiger partial charge in [-0.3, -0.25) is 4.79 Å². The first-order valence-corrected chi connectivity index (χ1v) is 5.70. The molecule has 0 unspecified atom stereocenters. The predicted molar refractivity (Wildman–Crippen MR) is 69.4 cm³/mol. The number of carboxylic acid groups (broad SMARTS) is 1. The van der Waals surface area contributed by atoms with Gasteiger partial charge in [0.25, 0.3) is 0 Å². The topological polar surface area (TPSA) is 107 Å². The summed E-state index contributed by atoms with van der Waals surface area (Å²) >= 11 is 0. The first-order valence-electron chi connectivity index (χ1n) is 5.70. The van der Waals surface area contributed by atoms with Gasteiger partial charge in [-0.25, -0.2) is 4.79 Å². The quantitative estimate of drug-likeness (QED) is 0.628. The molecule has 6 nitrogen and oxygen atoms in total. The monoisotopic (exact) mass is 267 g/mol. The molecular weight excluding hydrogens is 250 g/mol. The number of carbonyl (C=O) groups excluding carboxylic acids is 1. The third kappa shape index (κ3) is 3.87. The van der Waals surface area contributed by atoms with Crippen LogP contribution in [-0.2, 0) is 4.79 Å². The van der Waals surface area contributed by atoms with Gasteiger partial charge in [-0.05, 0) is 17.5 Å². The van der Waals surface area contributed by atoms with Crippen LogP contribution in [0.5, 0.6) is 11.5 Å². The number of aromatic carboxylic acids is 1. The van der Waals surface area contributed by atoms with Gasteiger partial charge in [0.15, 0.2) is 5.75 Å². The Bertz CT molecular complexity index is 517. The van der Waals surface area contributed by atoms with Crippen LogP contribution in [0.2, 0.25) is 0 Å². The van der Waals surface area contributed by atoms with E-state index in [9.17, 15) is 19.8 Å². The molecular formula is C13H17NO5. The maximum absolute atomic E-state index is 11.7. The number of hydrogen-bond acceptors (Lipinski definition) is 4. The van der Waals surface area contributed by atoms with Crippen molar-refractivity contribution in [3.05, 3.63) is 17.7 Å². The van der Waals surface area contributed by atoms with E-state index in [2.05, 4.69) is 5.32 Å². The lowest BCUT2D eigenvalue weighted by atomic mass is 9.92. The van der Waals surface area contributed by atoms with Gasteiger partial charge < -0.3 is 20.6 Å². The Labute approximate surface area is 110 Å². The Kier molecular flexibility index (Phi) is 4.04. The number of hydrogen-bond donors (Lipinski definition) is 4. The van der Waals surface area contributed by atoms with Crippen LogP contribution in [0.1, 0.15) is 37.6 Å². The number of carbonyl (C=O) groups is 2. The van der Waals surface area contributed by atoms with E-state index in [1.165, 1.54) is 0 Å². The third-order valence-electron chi connectivity index (χ3n) is 2.34. The summed E-state index contributed by atoms with van der Waals surface area (Å²) < 4.78 is 0. The van der Waals surface area contributed by atoms with E-state index in [0.717, 1.165) is 12.1 Å². The molecule has 1 amide bonds. The summed E-state index contributed by atoms with van der Waals surface area (Å²) in [6, 6.07) is 2.17. The average Bonchev–Trinajstić information content (AvgIpc) is 2.21. The van der Waals surface area contributed by atoms with Crippen molar-refractivity contribution < 1.29 is 24.9 Å². The molecule has 4 N–H and O–H groups in total. The number of phenolic OH excluding ortho intramolecular Hbond substituents is 1. The van der Waals surface area contributed by atoms with Gasteiger partial charge in [0.1, 0.15) is 17.0 Å². The molecule has 0 bridgehead atoms. The van der Waals surface area contributed by atoms with E-state index in [4.69, 9.17) is 5.11 Å². The van der Waals surface area contributed by atoms with Crippen molar-refractivity contribution in [2.24, 2.45) is 5.41 Å². The summed E-state index contributed by atoms with van der Waals surface area (Å²) in [6.07, 6.45) is 0.170. The largest absolute Gasteiger partial charge is 0.506 e. The minimum absolute atomic E-state index is 0.170. The first kappa shape index (κ1) is 14.8. The van der Waals surface area contributed by atoms with Crippen molar-refractivity contribution in [2.45, 2.75) is 27.2 Å². The molecule has 0 fully saturated rings. The normalized spacial score (nSPS) is 11.1. The van der Waals surface area contributed by atoms with E-state index in [-0.39, 0.29) is 28.8 Å². The molecule has 0 atom stereocenters. The Hall–Kier alpha value is -2.24. The van der Waals surface area contributed by atoms with Crippen molar-refractivity contribution in [2.75, 3.05) is 5.32 Å². The average molecular weight is 267 g/mol. The van der Waals surface area contributed by atoms with Gasteiger partial charge in [-0.15, -0.1) is 0 Å². The molecule has 0 aliphatic carbocycles. The van der Waals surface area contributed by atoms with Gasteiger partial charge in [-0.2, -0.15) is 0 Å². The molecule has 0 heterocycles. The SMILES string of the molecule is CC(C)(C)CC(=O)Nc1c(O)ccc(C(=O)O)c1O. The van der Waals surface area contributed by atoms with E-state index in [1.54, 1.807) is 0 Å². The zero-order chi connectivity index (χ0) is 14.8. The molecule has 0 aromatic heterocycles. The highest BCUT2D eigenvalue weighted by molar-refractivity contribution is 5.99. The van der Waals surface area contributed by atoms with Crippen LogP contribution >= 0.6 is 0 Å². The zero-order valence-corrected chi connectivity index (χ0v) is 11.0. The lowest BCUT2D eigenvalue weighted by Gasteiger charge is -2.18. The molecule has 0 saturated heterocycles. The zero-order valence-electron chi connectivity index (χ0n) is 11.0. The van der Waals surface area contributed by atoms with E-state index < -0.39 is 17.6 Å². The van der Waals surface area contributed by atoms with Crippen LogP contribution in [0.15, 0.2) is 12.1 Å². The standard InChI is InChI=1S/C13H17NO5/c1-13(2,3)6-9(16)14-10-8(15)5-4-7(11(10)17)12(18)19/h4-5,15,17H,6H2,1-3H3,(H,14,16)(H,18,19). The summed E-state index contributed by atoms with van der Waals surface area (Å²) in [7, 11) is 0. The van der Waals surface area contributed by atoms with E-state index in [0.29, 0.717) is 0 Å². The molecule has 6 heteroatoms. The molecule has 1 rings (SSSR count). The van der Waals surface area contributed by atoms with Crippen molar-refractivity contribution in [1.29, 1.82) is 0 Å². The number of rotatable bonds is 3. The fraction of sp³-hybridized carbons (Fsp3) is 0.385. The molecule has 0 radical (unpaired) electrons. The van der Waals surface area contributed by atoms with Gasteiger partial charge in [0, 0.05) is 6.42 Å². The summed E-state index contributed by atoms with van der Waals surface area (Å²) in [4.78, 5) is 22.6.